The quantitative estimate of drug-likeness (QED) is 0.500. The number of hydrogen-bond donors (Lipinski definition) is 2. The topological polar surface area (TPSA) is 93.8 Å². The maximum absolute atomic E-state index is 13.7. The van der Waals surface area contributed by atoms with Crippen molar-refractivity contribution in [3.63, 3.8) is 0 Å². The summed E-state index contributed by atoms with van der Waals surface area (Å²) in [5, 5.41) is 8.29. The van der Waals surface area contributed by atoms with Crippen LogP contribution >= 0.6 is 0 Å². The zero-order valence-corrected chi connectivity index (χ0v) is 14.7. The molecule has 0 spiro atoms. The highest BCUT2D eigenvalue weighted by atomic mass is 16.1. The highest BCUT2D eigenvalue weighted by Gasteiger charge is 2.55. The Morgan fingerprint density at radius 1 is 1.00 bits per heavy atom. The van der Waals surface area contributed by atoms with Crippen LogP contribution in [0.5, 0.6) is 0 Å². The van der Waals surface area contributed by atoms with Crippen LogP contribution in [-0.4, -0.2) is 21.0 Å². The highest BCUT2D eigenvalue weighted by Crippen LogP contribution is 2.61. The smallest absolute Gasteiger partial charge is 0.257 e. The van der Waals surface area contributed by atoms with E-state index in [0.29, 0.717) is 29.1 Å². The van der Waals surface area contributed by atoms with Crippen molar-refractivity contribution in [3.05, 3.63) is 36.0 Å². The van der Waals surface area contributed by atoms with Gasteiger partial charge in [-0.15, -0.1) is 10.2 Å². The molecule has 0 saturated heterocycles. The molecule has 26 heavy (non-hydrogen) atoms. The number of Topliss-reactive ketones (excluding diaryl/α,β-unsaturated/α-hetero) is 1. The van der Waals surface area contributed by atoms with E-state index >= 15 is 0 Å². The molecular formula is C20H23N5O. The van der Waals surface area contributed by atoms with Gasteiger partial charge in [-0.05, 0) is 56.3 Å². The number of carbonyl (C=O) groups excluding carboxylic acids is 1. The van der Waals surface area contributed by atoms with Gasteiger partial charge in [0.05, 0.1) is 0 Å². The third kappa shape index (κ3) is 2.43. The lowest BCUT2D eigenvalue weighted by Crippen LogP contribution is -2.50. The number of rotatable bonds is 4. The monoisotopic (exact) mass is 349 g/mol. The molecule has 0 atom stereocenters. The Balaban J connectivity index is 1.59. The SMILES string of the molecule is NNc1nnc(C(=O)C23CC4CC(CC(C4)C2)C3)c(-c2ccccc2)n1. The summed E-state index contributed by atoms with van der Waals surface area (Å²) in [6.07, 6.45) is 6.92. The van der Waals surface area contributed by atoms with Crippen molar-refractivity contribution in [2.75, 3.05) is 5.43 Å². The van der Waals surface area contributed by atoms with E-state index < -0.39 is 0 Å². The molecule has 4 aliphatic carbocycles. The minimum atomic E-state index is -0.258. The molecule has 4 fully saturated rings. The fourth-order valence-electron chi connectivity index (χ4n) is 5.98. The summed E-state index contributed by atoms with van der Waals surface area (Å²) in [7, 11) is 0. The first kappa shape index (κ1) is 15.9. The van der Waals surface area contributed by atoms with E-state index in [1.165, 1.54) is 19.3 Å². The third-order valence-electron chi connectivity index (χ3n) is 6.60. The molecule has 1 aromatic carbocycles. The fourth-order valence-corrected chi connectivity index (χ4v) is 5.98. The van der Waals surface area contributed by atoms with E-state index in [1.54, 1.807) is 0 Å². The lowest BCUT2D eigenvalue weighted by molar-refractivity contribution is -0.0355. The summed E-state index contributed by atoms with van der Waals surface area (Å²) >= 11 is 0. The Hall–Kier alpha value is -2.34. The fraction of sp³-hybridized carbons (Fsp3) is 0.500. The van der Waals surface area contributed by atoms with E-state index in [1.807, 2.05) is 30.3 Å². The number of nitrogens with two attached hydrogens (primary N) is 1. The van der Waals surface area contributed by atoms with Gasteiger partial charge in [-0.2, -0.15) is 0 Å². The highest BCUT2D eigenvalue weighted by molar-refractivity contribution is 6.03. The summed E-state index contributed by atoms with van der Waals surface area (Å²) in [6, 6.07) is 9.71. The first-order valence-electron chi connectivity index (χ1n) is 9.48. The molecule has 4 aliphatic rings. The molecule has 3 N–H and O–H groups in total. The van der Waals surface area contributed by atoms with Crippen LogP contribution in [-0.2, 0) is 0 Å². The van der Waals surface area contributed by atoms with Crippen LogP contribution < -0.4 is 11.3 Å². The van der Waals surface area contributed by atoms with Crippen LogP contribution in [0.3, 0.4) is 0 Å². The second kappa shape index (κ2) is 5.84. The number of nitrogens with zero attached hydrogens (tertiary/aromatic N) is 3. The van der Waals surface area contributed by atoms with Crippen molar-refractivity contribution in [3.8, 4) is 11.3 Å². The Kier molecular flexibility index (Phi) is 3.57. The number of anilines is 1. The van der Waals surface area contributed by atoms with Crippen LogP contribution in [0, 0.1) is 23.2 Å². The van der Waals surface area contributed by atoms with E-state index in [-0.39, 0.29) is 17.1 Å². The number of hydrazine groups is 1. The van der Waals surface area contributed by atoms with Crippen molar-refractivity contribution in [1.82, 2.24) is 15.2 Å². The molecule has 6 rings (SSSR count). The van der Waals surface area contributed by atoms with Crippen LogP contribution in [0.1, 0.15) is 49.0 Å². The Bertz CT molecular complexity index is 815. The molecule has 4 bridgehead atoms. The maximum atomic E-state index is 13.7. The second-order valence-electron chi connectivity index (χ2n) is 8.37. The zero-order chi connectivity index (χ0) is 17.7. The van der Waals surface area contributed by atoms with Gasteiger partial charge in [0.1, 0.15) is 5.69 Å². The molecular weight excluding hydrogens is 326 g/mol. The average molecular weight is 349 g/mol. The molecule has 0 unspecified atom stereocenters. The molecule has 0 aliphatic heterocycles. The minimum Gasteiger partial charge on any atom is -0.292 e. The predicted octanol–water partition coefficient (Wildman–Crippen LogP) is 3.22. The van der Waals surface area contributed by atoms with Gasteiger partial charge in [-0.3, -0.25) is 10.2 Å². The van der Waals surface area contributed by atoms with Gasteiger partial charge in [0.15, 0.2) is 11.5 Å². The normalized spacial score (nSPS) is 31.8. The largest absolute Gasteiger partial charge is 0.292 e. The van der Waals surface area contributed by atoms with E-state index in [0.717, 1.165) is 24.8 Å². The summed E-state index contributed by atoms with van der Waals surface area (Å²) in [4.78, 5) is 18.2. The number of nitrogen functional groups attached to an aromatic ring is 1. The number of carbonyl (C=O) groups is 1. The van der Waals surface area contributed by atoms with Crippen molar-refractivity contribution in [2.45, 2.75) is 38.5 Å². The van der Waals surface area contributed by atoms with Crippen molar-refractivity contribution in [1.29, 1.82) is 0 Å². The molecule has 1 aromatic heterocycles. The van der Waals surface area contributed by atoms with Crippen molar-refractivity contribution in [2.24, 2.45) is 29.0 Å². The van der Waals surface area contributed by atoms with Gasteiger partial charge in [-0.1, -0.05) is 30.3 Å². The van der Waals surface area contributed by atoms with E-state index in [9.17, 15) is 4.79 Å². The van der Waals surface area contributed by atoms with Crippen LogP contribution in [0.25, 0.3) is 11.3 Å². The molecule has 1 heterocycles. The summed E-state index contributed by atoms with van der Waals surface area (Å²) in [5.74, 6) is 7.95. The average Bonchev–Trinajstić information content (AvgIpc) is 2.66. The van der Waals surface area contributed by atoms with Gasteiger partial charge in [-0.25, -0.2) is 10.8 Å². The maximum Gasteiger partial charge on any atom is 0.257 e. The van der Waals surface area contributed by atoms with Crippen molar-refractivity contribution < 1.29 is 4.79 Å². The lowest BCUT2D eigenvalue weighted by Gasteiger charge is -2.55. The first-order chi connectivity index (χ1) is 12.7. The van der Waals surface area contributed by atoms with Gasteiger partial charge in [0.25, 0.3) is 5.95 Å². The van der Waals surface area contributed by atoms with Crippen molar-refractivity contribution >= 4 is 11.7 Å². The molecule has 6 heteroatoms. The predicted molar refractivity (Wildman–Crippen MR) is 98.0 cm³/mol. The van der Waals surface area contributed by atoms with Crippen LogP contribution in [0.2, 0.25) is 0 Å². The van der Waals surface area contributed by atoms with Gasteiger partial charge in [0.2, 0.25) is 0 Å². The standard InChI is InChI=1S/C20H23N5O/c21-23-19-22-16(15-4-2-1-3-5-15)17(24-25-19)18(26)20-9-12-6-13(10-20)8-14(7-12)11-20/h1-5,12-14H,6-11,21H2,(H,22,23,25). The molecule has 0 radical (unpaired) electrons. The molecule has 6 nitrogen and oxygen atoms in total. The minimum absolute atomic E-state index is 0.138. The van der Waals surface area contributed by atoms with Gasteiger partial charge >= 0.3 is 0 Å². The van der Waals surface area contributed by atoms with Gasteiger partial charge < -0.3 is 0 Å². The summed E-state index contributed by atoms with van der Waals surface area (Å²) in [6.45, 7) is 0. The van der Waals surface area contributed by atoms with E-state index in [4.69, 9.17) is 5.84 Å². The van der Waals surface area contributed by atoms with Crippen LogP contribution in [0.4, 0.5) is 5.95 Å². The summed E-state index contributed by atoms with van der Waals surface area (Å²) in [5.41, 5.74) is 4.03. The first-order valence-corrected chi connectivity index (χ1v) is 9.48. The lowest BCUT2D eigenvalue weighted by atomic mass is 9.48. The molecule has 0 amide bonds. The number of hydrogen-bond acceptors (Lipinski definition) is 6. The number of aromatic nitrogens is 3. The number of ketones is 1. The van der Waals surface area contributed by atoms with Gasteiger partial charge in [0, 0.05) is 11.0 Å². The number of nitrogens with one attached hydrogen (secondary N) is 1. The number of benzene rings is 1. The van der Waals surface area contributed by atoms with Crippen LogP contribution in [0.15, 0.2) is 30.3 Å². The Morgan fingerprint density at radius 2 is 1.62 bits per heavy atom. The van der Waals surface area contributed by atoms with E-state index in [2.05, 4.69) is 20.6 Å². The molecule has 134 valence electrons. The summed E-state index contributed by atoms with van der Waals surface area (Å²) < 4.78 is 0. The zero-order valence-electron chi connectivity index (χ0n) is 14.7. The molecule has 4 saturated carbocycles. The third-order valence-corrected chi connectivity index (χ3v) is 6.60. The Labute approximate surface area is 152 Å². The molecule has 2 aromatic rings. The Morgan fingerprint density at radius 3 is 2.19 bits per heavy atom. The second-order valence-corrected chi connectivity index (χ2v) is 8.37.